The smallest absolute Gasteiger partial charge is 0.385 e. The Balaban J connectivity index is 1.74. The Morgan fingerprint density at radius 2 is 1.70 bits per heavy atom. The Hall–Kier alpha value is -3.72. The number of nitrogens with zero attached hydrogens (tertiary/aromatic N) is 2. The van der Waals surface area contributed by atoms with Gasteiger partial charge >= 0.3 is 6.18 Å². The quantitative estimate of drug-likeness (QED) is 0.395. The van der Waals surface area contributed by atoms with Crippen molar-refractivity contribution in [2.24, 2.45) is 0 Å². The molecule has 33 heavy (non-hydrogen) atoms. The molecule has 0 aliphatic heterocycles. The number of nitrogens with one attached hydrogen (secondary N) is 1. The van der Waals surface area contributed by atoms with Gasteiger partial charge in [0, 0.05) is 6.20 Å². The van der Waals surface area contributed by atoms with E-state index in [1.54, 1.807) is 30.3 Å². The van der Waals surface area contributed by atoms with Crippen LogP contribution in [0.5, 0.6) is 0 Å². The lowest BCUT2D eigenvalue weighted by Gasteiger charge is -2.23. The Morgan fingerprint density at radius 1 is 1.03 bits per heavy atom. The standard InChI is InChI=1S/C24H19F4N3O2/c1-23(33,16-5-3-2-4-6-16)14-20(32)29-22-21(15-7-9-18(25)10-8-15)19-13-17(24(26,27)28)11-12-31(19)30-22/h2-13,33H,14H2,1H3,(H,29,30,32)/t23-/m0/s1. The van der Waals surface area contributed by atoms with Crippen LogP contribution in [0.1, 0.15) is 24.5 Å². The highest BCUT2D eigenvalue weighted by Crippen LogP contribution is 2.36. The molecule has 170 valence electrons. The molecule has 4 aromatic rings. The molecule has 1 atom stereocenters. The zero-order valence-corrected chi connectivity index (χ0v) is 17.4. The first-order valence-electron chi connectivity index (χ1n) is 9.98. The van der Waals surface area contributed by atoms with Gasteiger partial charge in [-0.05, 0) is 42.3 Å². The molecule has 2 N–H and O–H groups in total. The molecule has 0 spiro atoms. The van der Waals surface area contributed by atoms with Crippen molar-refractivity contribution in [2.45, 2.75) is 25.1 Å². The first-order chi connectivity index (χ1) is 15.5. The van der Waals surface area contributed by atoms with Crippen molar-refractivity contribution in [1.29, 1.82) is 0 Å². The van der Waals surface area contributed by atoms with E-state index in [-0.39, 0.29) is 23.3 Å². The Morgan fingerprint density at radius 3 is 2.33 bits per heavy atom. The van der Waals surface area contributed by atoms with Crippen LogP contribution in [0.15, 0.2) is 72.9 Å². The van der Waals surface area contributed by atoms with E-state index >= 15 is 0 Å². The molecule has 0 saturated heterocycles. The van der Waals surface area contributed by atoms with Crippen LogP contribution in [0, 0.1) is 5.82 Å². The van der Waals surface area contributed by atoms with E-state index in [4.69, 9.17) is 0 Å². The number of pyridine rings is 1. The first kappa shape index (κ1) is 22.5. The second-order valence-corrected chi connectivity index (χ2v) is 7.84. The Kier molecular flexibility index (Phi) is 5.67. The average Bonchev–Trinajstić information content (AvgIpc) is 3.10. The maximum atomic E-state index is 13.5. The fraction of sp³-hybridized carbons (Fsp3) is 0.167. The van der Waals surface area contributed by atoms with Crippen LogP contribution in [0.2, 0.25) is 0 Å². The van der Waals surface area contributed by atoms with Gasteiger partial charge in [-0.15, -0.1) is 5.10 Å². The predicted octanol–water partition coefficient (Wildman–Crippen LogP) is 5.40. The minimum absolute atomic E-state index is 0.00482. The molecular weight excluding hydrogens is 438 g/mol. The molecular formula is C24H19F4N3O2. The summed E-state index contributed by atoms with van der Waals surface area (Å²) < 4.78 is 54.5. The topological polar surface area (TPSA) is 66.6 Å². The van der Waals surface area contributed by atoms with Crippen LogP contribution in [-0.2, 0) is 16.6 Å². The molecule has 4 rings (SSSR count). The Labute approximate surface area is 186 Å². The lowest BCUT2D eigenvalue weighted by Crippen LogP contribution is -2.28. The minimum atomic E-state index is -4.58. The Bertz CT molecular complexity index is 1300. The van der Waals surface area contributed by atoms with E-state index in [1.807, 2.05) is 0 Å². The fourth-order valence-corrected chi connectivity index (χ4v) is 3.60. The number of alkyl halides is 3. The summed E-state index contributed by atoms with van der Waals surface area (Å²) in [4.78, 5) is 12.8. The summed E-state index contributed by atoms with van der Waals surface area (Å²) in [6.45, 7) is 1.49. The van der Waals surface area contributed by atoms with Gasteiger partial charge in [0.1, 0.15) is 5.82 Å². The zero-order chi connectivity index (χ0) is 23.8. The molecule has 2 aromatic carbocycles. The van der Waals surface area contributed by atoms with Crippen molar-refractivity contribution in [2.75, 3.05) is 5.32 Å². The van der Waals surface area contributed by atoms with Gasteiger partial charge in [0.05, 0.1) is 28.7 Å². The van der Waals surface area contributed by atoms with Crippen LogP contribution in [-0.4, -0.2) is 20.6 Å². The van der Waals surface area contributed by atoms with Crippen molar-refractivity contribution in [3.05, 3.63) is 89.9 Å². The van der Waals surface area contributed by atoms with Gasteiger partial charge < -0.3 is 10.4 Å². The van der Waals surface area contributed by atoms with Crippen LogP contribution in [0.3, 0.4) is 0 Å². The van der Waals surface area contributed by atoms with E-state index < -0.39 is 29.1 Å². The van der Waals surface area contributed by atoms with Crippen molar-refractivity contribution in [1.82, 2.24) is 9.61 Å². The SMILES string of the molecule is C[C@](O)(CC(=O)Nc1nn2ccc(C(F)(F)F)cc2c1-c1ccc(F)cc1)c1ccccc1. The highest BCUT2D eigenvalue weighted by molar-refractivity contribution is 5.99. The van der Waals surface area contributed by atoms with Gasteiger partial charge in [0.15, 0.2) is 5.82 Å². The lowest BCUT2D eigenvalue weighted by atomic mass is 9.92. The third kappa shape index (κ3) is 4.73. The van der Waals surface area contributed by atoms with E-state index in [9.17, 15) is 27.5 Å². The fourth-order valence-electron chi connectivity index (χ4n) is 3.60. The van der Waals surface area contributed by atoms with Crippen molar-refractivity contribution >= 4 is 17.2 Å². The molecule has 0 bridgehead atoms. The average molecular weight is 457 g/mol. The van der Waals surface area contributed by atoms with Gasteiger partial charge in [-0.1, -0.05) is 42.5 Å². The van der Waals surface area contributed by atoms with Gasteiger partial charge in [0.2, 0.25) is 5.91 Å². The molecule has 0 fully saturated rings. The third-order valence-corrected chi connectivity index (χ3v) is 5.25. The van der Waals surface area contributed by atoms with Crippen LogP contribution >= 0.6 is 0 Å². The molecule has 2 aromatic heterocycles. The summed E-state index contributed by atoms with van der Waals surface area (Å²) in [6, 6.07) is 15.5. The number of carbonyl (C=O) groups is 1. The number of hydrogen-bond acceptors (Lipinski definition) is 3. The minimum Gasteiger partial charge on any atom is -0.385 e. The third-order valence-electron chi connectivity index (χ3n) is 5.25. The number of carbonyl (C=O) groups excluding carboxylic acids is 1. The number of fused-ring (bicyclic) bond motifs is 1. The van der Waals surface area contributed by atoms with Crippen molar-refractivity contribution in [3.63, 3.8) is 0 Å². The second kappa shape index (κ2) is 8.32. The van der Waals surface area contributed by atoms with Gasteiger partial charge in [-0.25, -0.2) is 8.91 Å². The highest BCUT2D eigenvalue weighted by Gasteiger charge is 2.32. The molecule has 0 aliphatic rings. The summed E-state index contributed by atoms with van der Waals surface area (Å²) >= 11 is 0. The molecule has 0 radical (unpaired) electrons. The summed E-state index contributed by atoms with van der Waals surface area (Å²) in [5, 5.41) is 17.6. The number of amides is 1. The number of anilines is 1. The molecule has 0 saturated carbocycles. The van der Waals surface area contributed by atoms with E-state index in [0.29, 0.717) is 11.1 Å². The maximum absolute atomic E-state index is 13.5. The van der Waals surface area contributed by atoms with Gasteiger partial charge in [-0.3, -0.25) is 4.79 Å². The molecule has 9 heteroatoms. The van der Waals surface area contributed by atoms with Crippen LogP contribution < -0.4 is 5.32 Å². The predicted molar refractivity (Wildman–Crippen MR) is 115 cm³/mol. The normalized spacial score (nSPS) is 13.6. The summed E-state index contributed by atoms with van der Waals surface area (Å²) in [5.74, 6) is -1.11. The number of benzene rings is 2. The molecule has 5 nitrogen and oxygen atoms in total. The maximum Gasteiger partial charge on any atom is 0.416 e. The van der Waals surface area contributed by atoms with E-state index in [1.165, 1.54) is 23.6 Å². The van der Waals surface area contributed by atoms with Crippen LogP contribution in [0.4, 0.5) is 23.4 Å². The molecule has 1 amide bonds. The first-order valence-corrected chi connectivity index (χ1v) is 9.98. The second-order valence-electron chi connectivity index (χ2n) is 7.84. The summed E-state index contributed by atoms with van der Waals surface area (Å²) in [5.41, 5.74) is -1.18. The molecule has 2 heterocycles. The molecule has 0 aliphatic carbocycles. The van der Waals surface area contributed by atoms with Crippen molar-refractivity contribution < 1.29 is 27.5 Å². The largest absolute Gasteiger partial charge is 0.416 e. The number of halogens is 4. The van der Waals surface area contributed by atoms with E-state index in [0.717, 1.165) is 30.5 Å². The number of aliphatic hydroxyl groups is 1. The number of hydrogen-bond donors (Lipinski definition) is 2. The van der Waals surface area contributed by atoms with E-state index in [2.05, 4.69) is 10.4 Å². The number of aromatic nitrogens is 2. The monoisotopic (exact) mass is 457 g/mol. The van der Waals surface area contributed by atoms with Crippen LogP contribution in [0.25, 0.3) is 16.6 Å². The van der Waals surface area contributed by atoms with Gasteiger partial charge in [0.25, 0.3) is 0 Å². The number of rotatable bonds is 5. The molecule has 0 unspecified atom stereocenters. The summed E-state index contributed by atoms with van der Waals surface area (Å²) in [6.07, 6.45) is -3.76. The highest BCUT2D eigenvalue weighted by atomic mass is 19.4. The van der Waals surface area contributed by atoms with Crippen molar-refractivity contribution in [3.8, 4) is 11.1 Å². The van der Waals surface area contributed by atoms with Gasteiger partial charge in [-0.2, -0.15) is 13.2 Å². The lowest BCUT2D eigenvalue weighted by molar-refractivity contribution is -0.137. The summed E-state index contributed by atoms with van der Waals surface area (Å²) in [7, 11) is 0. The zero-order valence-electron chi connectivity index (χ0n) is 17.4.